The third-order valence-electron chi connectivity index (χ3n) is 4.68. The summed E-state index contributed by atoms with van der Waals surface area (Å²) < 4.78 is 9.76. The van der Waals surface area contributed by atoms with Crippen molar-refractivity contribution in [3.05, 3.63) is 60.2 Å². The van der Waals surface area contributed by atoms with Crippen LogP contribution < -0.4 is 10.6 Å². The molecule has 0 saturated carbocycles. The zero-order valence-electron chi connectivity index (χ0n) is 17.9. The van der Waals surface area contributed by atoms with Gasteiger partial charge in [-0.25, -0.2) is 9.80 Å². The molecule has 3 rings (SSSR count). The van der Waals surface area contributed by atoms with Crippen molar-refractivity contribution in [2.75, 3.05) is 37.5 Å². The Hall–Kier alpha value is -3.72. The van der Waals surface area contributed by atoms with Crippen LogP contribution in [-0.4, -0.2) is 55.5 Å². The van der Waals surface area contributed by atoms with Crippen LogP contribution in [0.3, 0.4) is 0 Å². The van der Waals surface area contributed by atoms with Crippen molar-refractivity contribution >= 4 is 35.0 Å². The summed E-state index contributed by atoms with van der Waals surface area (Å²) in [7, 11) is 1.52. The van der Waals surface area contributed by atoms with Crippen LogP contribution in [0, 0.1) is 0 Å². The number of carbonyl (C=O) groups excluding carboxylic acids is 3. The highest BCUT2D eigenvalue weighted by Gasteiger charge is 2.22. The number of hydrogen-bond donors (Lipinski definition) is 2. The monoisotopic (exact) mass is 438 g/mol. The summed E-state index contributed by atoms with van der Waals surface area (Å²) in [5, 5.41) is 11.1. The average molecular weight is 438 g/mol. The molecule has 1 aliphatic heterocycles. The summed E-state index contributed by atoms with van der Waals surface area (Å²) in [5.41, 5.74) is 2.84. The summed E-state index contributed by atoms with van der Waals surface area (Å²) in [4.78, 5) is 36.4. The number of hydrogen-bond acceptors (Lipinski definition) is 6. The Morgan fingerprint density at radius 1 is 0.969 bits per heavy atom. The first-order chi connectivity index (χ1) is 15.5. The summed E-state index contributed by atoms with van der Waals surface area (Å²) in [5.74, 6) is -0.495. The maximum atomic E-state index is 12.4. The molecule has 168 valence electrons. The average Bonchev–Trinajstić information content (AvgIpc) is 3.29. The van der Waals surface area contributed by atoms with E-state index in [4.69, 9.17) is 9.47 Å². The zero-order valence-corrected chi connectivity index (χ0v) is 17.9. The predicted octanol–water partition coefficient (Wildman–Crippen LogP) is 3.24. The molecule has 2 aromatic carbocycles. The molecule has 32 heavy (non-hydrogen) atoms. The Balaban J connectivity index is 1.45. The van der Waals surface area contributed by atoms with Gasteiger partial charge in [0.15, 0.2) is 0 Å². The van der Waals surface area contributed by atoms with E-state index in [0.29, 0.717) is 30.9 Å². The number of methoxy groups -OCH3 is 1. The van der Waals surface area contributed by atoms with Crippen LogP contribution in [0.25, 0.3) is 0 Å². The Kier molecular flexibility index (Phi) is 8.33. The number of carbonyl (C=O) groups is 3. The van der Waals surface area contributed by atoms with Crippen molar-refractivity contribution in [3.8, 4) is 0 Å². The van der Waals surface area contributed by atoms with Crippen LogP contribution in [0.1, 0.15) is 24.8 Å². The molecular formula is C23H26N4O5. The van der Waals surface area contributed by atoms with Crippen LogP contribution in [0.4, 0.5) is 16.2 Å². The highest BCUT2D eigenvalue weighted by molar-refractivity contribution is 6.03. The molecule has 0 bridgehead atoms. The quantitative estimate of drug-likeness (QED) is 0.584. The molecule has 0 atom stereocenters. The second kappa shape index (κ2) is 11.6. The van der Waals surface area contributed by atoms with Crippen molar-refractivity contribution in [1.82, 2.24) is 5.01 Å². The highest BCUT2D eigenvalue weighted by atomic mass is 16.6. The van der Waals surface area contributed by atoms with E-state index in [1.807, 2.05) is 30.3 Å². The van der Waals surface area contributed by atoms with E-state index in [1.165, 1.54) is 12.1 Å². The Morgan fingerprint density at radius 2 is 1.72 bits per heavy atom. The van der Waals surface area contributed by atoms with Gasteiger partial charge >= 0.3 is 6.09 Å². The normalized spacial score (nSPS) is 12.8. The summed E-state index contributed by atoms with van der Waals surface area (Å²) in [6.45, 7) is 0.956. The minimum Gasteiger partial charge on any atom is -0.447 e. The minimum absolute atomic E-state index is 0.0300. The topological polar surface area (TPSA) is 109 Å². The molecule has 0 fully saturated rings. The van der Waals surface area contributed by atoms with Crippen molar-refractivity contribution in [3.63, 3.8) is 0 Å². The largest absolute Gasteiger partial charge is 0.447 e. The Morgan fingerprint density at radius 3 is 2.47 bits per heavy atom. The number of rotatable bonds is 9. The van der Waals surface area contributed by atoms with Gasteiger partial charge in [-0.1, -0.05) is 36.4 Å². The van der Waals surface area contributed by atoms with E-state index < -0.39 is 6.09 Å². The van der Waals surface area contributed by atoms with Gasteiger partial charge in [-0.2, -0.15) is 5.10 Å². The standard InChI is InChI=1S/C23H26N4O5/c1-31-14-15-32-23(30)25-19-9-5-8-18(16-19)24-21(28)10-11-22(29)27-13-12-20(26-27)17-6-3-2-4-7-17/h2-9,16H,10-15H2,1H3,(H,24,28)(H,25,30). The molecule has 0 saturated heterocycles. The third kappa shape index (κ3) is 6.92. The molecule has 0 radical (unpaired) electrons. The SMILES string of the molecule is COCCOC(=O)Nc1cccc(NC(=O)CCC(=O)N2CCC(c3ccccc3)=N2)c1. The van der Waals surface area contributed by atoms with Crippen LogP contribution >= 0.6 is 0 Å². The lowest BCUT2D eigenvalue weighted by Gasteiger charge is -2.12. The fourth-order valence-corrected chi connectivity index (χ4v) is 3.09. The van der Waals surface area contributed by atoms with Gasteiger partial charge in [0.25, 0.3) is 0 Å². The lowest BCUT2D eigenvalue weighted by atomic mass is 10.1. The number of amides is 3. The van der Waals surface area contributed by atoms with Gasteiger partial charge in [-0.05, 0) is 23.8 Å². The van der Waals surface area contributed by atoms with Crippen LogP contribution in [0.5, 0.6) is 0 Å². The second-order valence-corrected chi connectivity index (χ2v) is 7.06. The molecule has 3 amide bonds. The number of anilines is 2. The molecule has 0 aliphatic carbocycles. The van der Waals surface area contributed by atoms with Gasteiger partial charge in [0.2, 0.25) is 11.8 Å². The van der Waals surface area contributed by atoms with Gasteiger partial charge in [0, 0.05) is 37.7 Å². The fourth-order valence-electron chi connectivity index (χ4n) is 3.09. The van der Waals surface area contributed by atoms with E-state index in [9.17, 15) is 14.4 Å². The number of nitrogens with zero attached hydrogens (tertiary/aromatic N) is 2. The number of benzene rings is 2. The molecule has 1 aliphatic rings. The van der Waals surface area contributed by atoms with E-state index in [2.05, 4.69) is 15.7 Å². The Labute approximate surface area is 186 Å². The lowest BCUT2D eigenvalue weighted by molar-refractivity contribution is -0.132. The highest BCUT2D eigenvalue weighted by Crippen LogP contribution is 2.17. The molecule has 0 aromatic heterocycles. The smallest absolute Gasteiger partial charge is 0.411 e. The van der Waals surface area contributed by atoms with Crippen molar-refractivity contribution < 1.29 is 23.9 Å². The van der Waals surface area contributed by atoms with Crippen LogP contribution in [0.2, 0.25) is 0 Å². The van der Waals surface area contributed by atoms with E-state index in [0.717, 1.165) is 11.3 Å². The first-order valence-corrected chi connectivity index (χ1v) is 10.3. The van der Waals surface area contributed by atoms with Gasteiger partial charge in [0.05, 0.1) is 18.9 Å². The molecular weight excluding hydrogens is 412 g/mol. The zero-order chi connectivity index (χ0) is 22.8. The summed E-state index contributed by atoms with van der Waals surface area (Å²) in [6.07, 6.45) is 0.163. The maximum absolute atomic E-state index is 12.4. The fraction of sp³-hybridized carbons (Fsp3) is 0.304. The summed E-state index contributed by atoms with van der Waals surface area (Å²) in [6, 6.07) is 16.4. The Bertz CT molecular complexity index is 977. The first kappa shape index (κ1) is 23.0. The minimum atomic E-state index is -0.614. The number of ether oxygens (including phenoxy) is 2. The molecule has 2 N–H and O–H groups in total. The van der Waals surface area contributed by atoms with E-state index in [1.54, 1.807) is 24.3 Å². The van der Waals surface area contributed by atoms with Gasteiger partial charge in [-0.15, -0.1) is 0 Å². The maximum Gasteiger partial charge on any atom is 0.411 e. The second-order valence-electron chi connectivity index (χ2n) is 7.06. The van der Waals surface area contributed by atoms with Gasteiger partial charge < -0.3 is 14.8 Å². The lowest BCUT2D eigenvalue weighted by Crippen LogP contribution is -2.25. The molecule has 0 unspecified atom stereocenters. The van der Waals surface area contributed by atoms with Crippen molar-refractivity contribution in [2.45, 2.75) is 19.3 Å². The third-order valence-corrected chi connectivity index (χ3v) is 4.68. The van der Waals surface area contributed by atoms with Gasteiger partial charge in [0.1, 0.15) is 6.61 Å². The van der Waals surface area contributed by atoms with Crippen LogP contribution in [-0.2, 0) is 19.1 Å². The molecule has 9 nitrogen and oxygen atoms in total. The van der Waals surface area contributed by atoms with Crippen LogP contribution in [0.15, 0.2) is 59.7 Å². The summed E-state index contributed by atoms with van der Waals surface area (Å²) >= 11 is 0. The van der Waals surface area contributed by atoms with Crippen molar-refractivity contribution in [1.29, 1.82) is 0 Å². The van der Waals surface area contributed by atoms with E-state index in [-0.39, 0.29) is 31.3 Å². The number of hydrazone groups is 1. The first-order valence-electron chi connectivity index (χ1n) is 10.3. The molecule has 2 aromatic rings. The molecule has 1 heterocycles. The van der Waals surface area contributed by atoms with Crippen molar-refractivity contribution in [2.24, 2.45) is 5.10 Å². The predicted molar refractivity (Wildman–Crippen MR) is 120 cm³/mol. The number of nitrogens with one attached hydrogen (secondary N) is 2. The van der Waals surface area contributed by atoms with E-state index >= 15 is 0 Å². The molecule has 9 heteroatoms. The van der Waals surface area contributed by atoms with Gasteiger partial charge in [-0.3, -0.25) is 14.9 Å². The molecule has 0 spiro atoms.